The molecule has 450 valence electrons. The zero-order valence-electron chi connectivity index (χ0n) is 49.6. The van der Waals surface area contributed by atoms with Gasteiger partial charge < -0.3 is 39.0 Å². The van der Waals surface area contributed by atoms with E-state index in [1.807, 2.05) is 0 Å². The number of hydrogen-bond acceptors (Lipinski definition) is 11. The number of hydrogen-bond donors (Lipinski definition) is 3. The maximum absolute atomic E-state index is 13.1. The molecular weight excluding hydrogens is 997 g/mol. The molecule has 6 atom stereocenters. The summed E-state index contributed by atoms with van der Waals surface area (Å²) >= 11 is 0. The first-order valence-electron chi connectivity index (χ1n) is 31.2. The number of unbranched alkanes of at least 4 members (excludes halogenated alkanes) is 22. The second-order valence-corrected chi connectivity index (χ2v) is 21.0. The van der Waals surface area contributed by atoms with Crippen molar-refractivity contribution in [3.05, 3.63) is 97.2 Å². The average molecular weight is 1110 g/mol. The number of allylic oxidation sites excluding steroid dienone is 16. The number of aliphatic carboxylic acids is 1. The van der Waals surface area contributed by atoms with Crippen molar-refractivity contribution in [3.8, 4) is 0 Å². The van der Waals surface area contributed by atoms with Crippen LogP contribution in [0, 0.1) is 0 Å². The molecule has 12 heteroatoms. The van der Waals surface area contributed by atoms with Crippen molar-refractivity contribution < 1.29 is 58.2 Å². The van der Waals surface area contributed by atoms with E-state index in [0.717, 1.165) is 122 Å². The number of aliphatic hydroxyl groups is 2. The molecule has 0 amide bonds. The Morgan fingerprint density at radius 1 is 0.430 bits per heavy atom. The minimum atomic E-state index is -1.92. The number of carboxylic acid groups (broad SMARTS) is 1. The number of carboxylic acids is 1. The highest BCUT2D eigenvalue weighted by Crippen LogP contribution is 2.26. The van der Waals surface area contributed by atoms with Crippen LogP contribution in [0.5, 0.6) is 0 Å². The highest BCUT2D eigenvalue weighted by Gasteiger charge is 2.50. The van der Waals surface area contributed by atoms with Crippen LogP contribution >= 0.6 is 0 Å². The van der Waals surface area contributed by atoms with Gasteiger partial charge in [0, 0.05) is 19.3 Å². The van der Waals surface area contributed by atoms with Gasteiger partial charge in [0.15, 0.2) is 24.6 Å². The minimum absolute atomic E-state index is 0.0170. The van der Waals surface area contributed by atoms with Gasteiger partial charge in [-0.1, -0.05) is 227 Å². The van der Waals surface area contributed by atoms with E-state index in [4.69, 9.17) is 23.7 Å². The molecule has 0 spiro atoms. The van der Waals surface area contributed by atoms with Gasteiger partial charge in [0.1, 0.15) is 18.8 Å². The van der Waals surface area contributed by atoms with Crippen LogP contribution in [0.2, 0.25) is 0 Å². The van der Waals surface area contributed by atoms with Crippen molar-refractivity contribution in [2.75, 3.05) is 13.2 Å². The zero-order chi connectivity index (χ0) is 57.5. The van der Waals surface area contributed by atoms with Crippen molar-refractivity contribution >= 4 is 23.9 Å². The zero-order valence-corrected chi connectivity index (χ0v) is 49.6. The monoisotopic (exact) mass is 1110 g/mol. The average Bonchev–Trinajstić information content (AvgIpc) is 3.43. The lowest BCUT2D eigenvalue weighted by molar-refractivity contribution is -0.301. The van der Waals surface area contributed by atoms with Crippen LogP contribution in [0.1, 0.15) is 252 Å². The molecule has 1 heterocycles. The van der Waals surface area contributed by atoms with Crippen LogP contribution < -0.4 is 0 Å². The molecule has 12 nitrogen and oxygen atoms in total. The van der Waals surface area contributed by atoms with Gasteiger partial charge in [-0.2, -0.15) is 0 Å². The standard InChI is InChI=1S/C67H110O12/c1-4-7-10-13-16-19-22-24-26-28-30-32-34-36-39-41-44-47-50-53-59(68)75-56-58(77-60(69)54-51-48-45-42-38-21-18-15-12-9-6-3)57-76-67-65(63(72)62(71)64(79-67)66(73)74)78-61(70)55-52-49-46-43-40-37-35-33-31-29-27-25-23-20-17-14-11-8-5-2/h8,11,16-17,19-20,24-27,30-33,37,40,58,62-65,67,71-72H,4-7,9-10,12-15,18,21-23,28-29,34-36,38-39,41-57H2,1-3H3,(H,73,74)/b11-8-,19-16-,20-17-,26-24-,27-25-,32-30-,33-31-,40-37-. The maximum atomic E-state index is 13.1. The highest BCUT2D eigenvalue weighted by molar-refractivity contribution is 5.74. The summed E-state index contributed by atoms with van der Waals surface area (Å²) in [6.07, 6.45) is 59.4. The fourth-order valence-electron chi connectivity index (χ4n) is 8.87. The van der Waals surface area contributed by atoms with Gasteiger partial charge in [-0.05, 0) is 103 Å². The second kappa shape index (κ2) is 54.2. The van der Waals surface area contributed by atoms with Crippen molar-refractivity contribution in [1.29, 1.82) is 0 Å². The summed E-state index contributed by atoms with van der Waals surface area (Å²) in [5, 5.41) is 31.5. The van der Waals surface area contributed by atoms with E-state index in [9.17, 15) is 34.5 Å². The van der Waals surface area contributed by atoms with E-state index in [2.05, 4.69) is 118 Å². The number of rotatable bonds is 52. The van der Waals surface area contributed by atoms with Gasteiger partial charge >= 0.3 is 23.9 Å². The third-order valence-corrected chi connectivity index (χ3v) is 13.6. The molecule has 0 aromatic heterocycles. The molecule has 0 saturated carbocycles. The predicted octanol–water partition coefficient (Wildman–Crippen LogP) is 16.5. The Balaban J connectivity index is 2.67. The van der Waals surface area contributed by atoms with Gasteiger partial charge in [0.2, 0.25) is 0 Å². The van der Waals surface area contributed by atoms with Crippen LogP contribution in [0.3, 0.4) is 0 Å². The molecule has 79 heavy (non-hydrogen) atoms. The lowest BCUT2D eigenvalue weighted by Crippen LogP contribution is -2.61. The van der Waals surface area contributed by atoms with Gasteiger partial charge in [0.05, 0.1) is 6.61 Å². The molecule has 0 radical (unpaired) electrons. The molecule has 1 saturated heterocycles. The first-order chi connectivity index (χ1) is 38.6. The number of ether oxygens (including phenoxy) is 5. The lowest BCUT2D eigenvalue weighted by atomic mass is 9.98. The van der Waals surface area contributed by atoms with Crippen LogP contribution in [0.4, 0.5) is 0 Å². The van der Waals surface area contributed by atoms with E-state index < -0.39 is 67.3 Å². The number of esters is 3. The molecular formula is C67H110O12. The number of carbonyl (C=O) groups excluding carboxylic acids is 3. The largest absolute Gasteiger partial charge is 0.479 e. The Labute approximate surface area is 479 Å². The SMILES string of the molecule is CC/C=C\C/C=C\C/C=C\C/C=C\C/C=C\CCCCCC(=O)OC1C(OCC(COC(=O)CCCCCCCC/C=C\C/C=C\C/C=C\CCCCC)OC(=O)CCCCCCCCCCCCC)OC(C(=O)O)C(O)C1O. The Kier molecular flexibility index (Phi) is 49.9. The van der Waals surface area contributed by atoms with Gasteiger partial charge in [0.25, 0.3) is 0 Å². The topological polar surface area (TPSA) is 175 Å². The number of aliphatic hydroxyl groups excluding tert-OH is 2. The quantitative estimate of drug-likeness (QED) is 0.0228. The molecule has 1 aliphatic rings. The maximum Gasteiger partial charge on any atom is 0.335 e. The molecule has 6 unspecified atom stereocenters. The molecule has 1 rings (SSSR count). The van der Waals surface area contributed by atoms with Crippen molar-refractivity contribution in [3.63, 3.8) is 0 Å². The fourth-order valence-corrected chi connectivity index (χ4v) is 8.87. The van der Waals surface area contributed by atoms with Gasteiger partial charge in [-0.3, -0.25) is 14.4 Å². The van der Waals surface area contributed by atoms with Crippen LogP contribution in [0.15, 0.2) is 97.2 Å². The van der Waals surface area contributed by atoms with Crippen molar-refractivity contribution in [2.45, 2.75) is 289 Å². The normalized spacial score (nSPS) is 18.5. The molecule has 1 aliphatic heterocycles. The van der Waals surface area contributed by atoms with Gasteiger partial charge in [-0.15, -0.1) is 0 Å². The Hall–Kier alpha value is -4.36. The molecule has 0 bridgehead atoms. The summed E-state index contributed by atoms with van der Waals surface area (Å²) < 4.78 is 28.4. The lowest BCUT2D eigenvalue weighted by Gasteiger charge is -2.40. The Morgan fingerprint density at radius 3 is 1.25 bits per heavy atom. The van der Waals surface area contributed by atoms with Crippen LogP contribution in [-0.4, -0.2) is 89.2 Å². The highest BCUT2D eigenvalue weighted by atomic mass is 16.7. The van der Waals surface area contributed by atoms with E-state index in [1.165, 1.54) is 70.6 Å². The van der Waals surface area contributed by atoms with Crippen molar-refractivity contribution in [2.24, 2.45) is 0 Å². The Morgan fingerprint density at radius 2 is 0.797 bits per heavy atom. The van der Waals surface area contributed by atoms with E-state index in [0.29, 0.717) is 19.3 Å². The fraction of sp³-hybridized carbons (Fsp3) is 0.701. The third-order valence-electron chi connectivity index (χ3n) is 13.6. The summed E-state index contributed by atoms with van der Waals surface area (Å²) in [7, 11) is 0. The summed E-state index contributed by atoms with van der Waals surface area (Å²) in [5.74, 6) is -3.18. The van der Waals surface area contributed by atoms with E-state index >= 15 is 0 Å². The van der Waals surface area contributed by atoms with Crippen molar-refractivity contribution in [1.82, 2.24) is 0 Å². The predicted molar refractivity (Wildman–Crippen MR) is 321 cm³/mol. The molecule has 0 aliphatic carbocycles. The molecule has 0 aromatic carbocycles. The van der Waals surface area contributed by atoms with E-state index in [1.54, 1.807) is 0 Å². The minimum Gasteiger partial charge on any atom is -0.479 e. The molecule has 0 aromatic rings. The van der Waals surface area contributed by atoms with Crippen LogP contribution in [0.25, 0.3) is 0 Å². The van der Waals surface area contributed by atoms with E-state index in [-0.39, 0.29) is 25.9 Å². The summed E-state index contributed by atoms with van der Waals surface area (Å²) in [4.78, 5) is 51.2. The summed E-state index contributed by atoms with van der Waals surface area (Å²) in [5.41, 5.74) is 0. The molecule has 3 N–H and O–H groups in total. The number of carbonyl (C=O) groups is 4. The smallest absolute Gasteiger partial charge is 0.335 e. The first-order valence-corrected chi connectivity index (χ1v) is 31.2. The molecule has 1 fully saturated rings. The van der Waals surface area contributed by atoms with Gasteiger partial charge in [-0.25, -0.2) is 4.79 Å². The second-order valence-electron chi connectivity index (χ2n) is 21.0. The third kappa shape index (κ3) is 44.0. The summed E-state index contributed by atoms with van der Waals surface area (Å²) in [6.45, 7) is 5.82. The van der Waals surface area contributed by atoms with Crippen LogP contribution in [-0.2, 0) is 42.9 Å². The Bertz CT molecular complexity index is 1740. The summed E-state index contributed by atoms with van der Waals surface area (Å²) in [6, 6.07) is 0. The first kappa shape index (κ1) is 72.7.